The summed E-state index contributed by atoms with van der Waals surface area (Å²) in [5.41, 5.74) is 0. The molecular formula is C12H12BrCl2NO3S. The van der Waals surface area contributed by atoms with Crippen molar-refractivity contribution in [2.45, 2.75) is 17.7 Å². The van der Waals surface area contributed by atoms with Gasteiger partial charge in [-0.05, 0) is 25.0 Å². The van der Waals surface area contributed by atoms with Crippen molar-refractivity contribution in [3.63, 3.8) is 0 Å². The molecule has 0 N–H and O–H groups in total. The molecule has 1 aromatic carbocycles. The third-order valence-electron chi connectivity index (χ3n) is 3.25. The number of benzene rings is 1. The van der Waals surface area contributed by atoms with E-state index < -0.39 is 10.0 Å². The molecule has 0 bridgehead atoms. The normalized spacial score (nSPS) is 18.1. The van der Waals surface area contributed by atoms with Crippen LogP contribution in [0.5, 0.6) is 0 Å². The second-order valence-corrected chi connectivity index (χ2v) is 8.18. The van der Waals surface area contributed by atoms with Gasteiger partial charge >= 0.3 is 0 Å². The highest BCUT2D eigenvalue weighted by atomic mass is 79.9. The smallest absolute Gasteiger partial charge is 0.246 e. The van der Waals surface area contributed by atoms with E-state index in [0.29, 0.717) is 30.4 Å². The highest BCUT2D eigenvalue weighted by Gasteiger charge is 2.32. The molecule has 0 atom stereocenters. The van der Waals surface area contributed by atoms with Gasteiger partial charge in [0, 0.05) is 23.5 Å². The lowest BCUT2D eigenvalue weighted by atomic mass is 10.0. The van der Waals surface area contributed by atoms with Crippen LogP contribution in [0.1, 0.15) is 12.8 Å². The molecule has 2 rings (SSSR count). The zero-order valence-corrected chi connectivity index (χ0v) is 14.3. The van der Waals surface area contributed by atoms with E-state index in [0.717, 1.165) is 6.29 Å². The molecule has 0 unspecified atom stereocenters. The standard InChI is InChI=1S/C12H12BrCl2NO3S/c13-9-5-10(14)12(11(15)6-9)20(18,19)16-3-1-8(7-17)2-4-16/h5-8H,1-4H2. The Bertz CT molecular complexity index is 605. The van der Waals surface area contributed by atoms with Gasteiger partial charge < -0.3 is 4.79 Å². The quantitative estimate of drug-likeness (QED) is 0.731. The molecule has 0 aromatic heterocycles. The highest BCUT2D eigenvalue weighted by Crippen LogP contribution is 2.35. The highest BCUT2D eigenvalue weighted by molar-refractivity contribution is 9.10. The zero-order chi connectivity index (χ0) is 14.9. The number of hydrogen-bond donors (Lipinski definition) is 0. The van der Waals surface area contributed by atoms with E-state index in [4.69, 9.17) is 23.2 Å². The third-order valence-corrected chi connectivity index (χ3v) is 6.53. The van der Waals surface area contributed by atoms with E-state index >= 15 is 0 Å². The van der Waals surface area contributed by atoms with E-state index in [1.54, 1.807) is 0 Å². The van der Waals surface area contributed by atoms with Gasteiger partial charge in [0.2, 0.25) is 10.0 Å². The van der Waals surface area contributed by atoms with Gasteiger partial charge in [-0.1, -0.05) is 39.1 Å². The average molecular weight is 401 g/mol. The molecule has 0 saturated carbocycles. The van der Waals surface area contributed by atoms with E-state index in [1.165, 1.54) is 16.4 Å². The number of piperidine rings is 1. The molecule has 110 valence electrons. The lowest BCUT2D eigenvalue weighted by molar-refractivity contribution is -0.112. The molecule has 1 saturated heterocycles. The van der Waals surface area contributed by atoms with Crippen molar-refractivity contribution >= 4 is 55.4 Å². The summed E-state index contributed by atoms with van der Waals surface area (Å²) in [5, 5.41) is 0.170. The lowest BCUT2D eigenvalue weighted by Gasteiger charge is -2.29. The van der Waals surface area contributed by atoms with Crippen LogP contribution in [0.4, 0.5) is 0 Å². The molecule has 0 aliphatic carbocycles. The number of hydrogen-bond acceptors (Lipinski definition) is 3. The van der Waals surface area contributed by atoms with Gasteiger partial charge in [-0.25, -0.2) is 8.42 Å². The van der Waals surface area contributed by atoms with Crippen molar-refractivity contribution in [2.75, 3.05) is 13.1 Å². The fourth-order valence-electron chi connectivity index (χ4n) is 2.16. The minimum atomic E-state index is -3.74. The summed E-state index contributed by atoms with van der Waals surface area (Å²) in [4.78, 5) is 10.6. The Labute approximate surface area is 136 Å². The Morgan fingerprint density at radius 1 is 1.20 bits per heavy atom. The van der Waals surface area contributed by atoms with Crippen LogP contribution in [-0.4, -0.2) is 32.1 Å². The molecule has 1 aromatic rings. The molecule has 8 heteroatoms. The summed E-state index contributed by atoms with van der Waals surface area (Å²) in [5.74, 6) is -0.0719. The first-order valence-electron chi connectivity index (χ1n) is 5.96. The summed E-state index contributed by atoms with van der Waals surface area (Å²) in [6.45, 7) is 0.600. The molecular weight excluding hydrogens is 389 g/mol. The molecule has 1 heterocycles. The van der Waals surface area contributed by atoms with Crippen LogP contribution >= 0.6 is 39.1 Å². The van der Waals surface area contributed by atoms with Crippen molar-refractivity contribution in [3.8, 4) is 0 Å². The second-order valence-electron chi connectivity index (χ2n) is 4.58. The number of carbonyl (C=O) groups is 1. The number of sulfonamides is 1. The zero-order valence-electron chi connectivity index (χ0n) is 10.4. The maximum atomic E-state index is 12.6. The molecule has 1 fully saturated rings. The van der Waals surface area contributed by atoms with Crippen molar-refractivity contribution in [3.05, 3.63) is 26.7 Å². The molecule has 4 nitrogen and oxygen atoms in total. The van der Waals surface area contributed by atoms with Crippen molar-refractivity contribution < 1.29 is 13.2 Å². The third kappa shape index (κ3) is 3.20. The van der Waals surface area contributed by atoms with Crippen molar-refractivity contribution in [2.24, 2.45) is 5.92 Å². The minimum Gasteiger partial charge on any atom is -0.303 e. The van der Waals surface area contributed by atoms with Crippen LogP contribution in [0.25, 0.3) is 0 Å². The van der Waals surface area contributed by atoms with E-state index in [1.807, 2.05) is 0 Å². The van der Waals surface area contributed by atoms with Crippen LogP contribution in [0.15, 0.2) is 21.5 Å². The first-order chi connectivity index (χ1) is 9.36. The number of halogens is 3. The molecule has 0 amide bonds. The molecule has 1 aliphatic rings. The van der Waals surface area contributed by atoms with Gasteiger partial charge in [0.25, 0.3) is 0 Å². The van der Waals surface area contributed by atoms with E-state index in [9.17, 15) is 13.2 Å². The summed E-state index contributed by atoms with van der Waals surface area (Å²) >= 11 is 15.2. The van der Waals surface area contributed by atoms with Crippen LogP contribution in [-0.2, 0) is 14.8 Å². The van der Waals surface area contributed by atoms with Gasteiger partial charge in [0.15, 0.2) is 0 Å². The number of aldehydes is 1. The van der Waals surface area contributed by atoms with Crippen molar-refractivity contribution in [1.29, 1.82) is 0 Å². The minimum absolute atomic E-state index is 0.0719. The van der Waals surface area contributed by atoms with Gasteiger partial charge in [0.05, 0.1) is 10.0 Å². The SMILES string of the molecule is O=CC1CCN(S(=O)(=O)c2c(Cl)cc(Br)cc2Cl)CC1. The van der Waals surface area contributed by atoms with Gasteiger partial charge in [-0.2, -0.15) is 4.31 Å². The van der Waals surface area contributed by atoms with Crippen molar-refractivity contribution in [1.82, 2.24) is 4.31 Å². The monoisotopic (exact) mass is 399 g/mol. The fraction of sp³-hybridized carbons (Fsp3) is 0.417. The maximum absolute atomic E-state index is 12.6. The average Bonchev–Trinajstić information content (AvgIpc) is 2.37. The maximum Gasteiger partial charge on any atom is 0.246 e. The summed E-state index contributed by atoms with van der Waals surface area (Å²) in [7, 11) is -3.74. The van der Waals surface area contributed by atoms with Crippen LogP contribution in [0, 0.1) is 5.92 Å². The largest absolute Gasteiger partial charge is 0.303 e. The topological polar surface area (TPSA) is 54.5 Å². The summed E-state index contributed by atoms with van der Waals surface area (Å²) in [6.07, 6.45) is 1.92. The Morgan fingerprint density at radius 3 is 2.15 bits per heavy atom. The Hall–Kier alpha value is -0.140. The van der Waals surface area contributed by atoms with Gasteiger partial charge in [-0.3, -0.25) is 0 Å². The first-order valence-corrected chi connectivity index (χ1v) is 8.95. The molecule has 20 heavy (non-hydrogen) atoms. The Morgan fingerprint density at radius 2 is 1.70 bits per heavy atom. The first kappa shape index (κ1) is 16.2. The predicted molar refractivity (Wildman–Crippen MR) is 81.7 cm³/mol. The number of carbonyl (C=O) groups excluding carboxylic acids is 1. The van der Waals surface area contributed by atoms with E-state index in [-0.39, 0.29) is 20.9 Å². The summed E-state index contributed by atoms with van der Waals surface area (Å²) < 4.78 is 27.1. The fourth-order valence-corrected chi connectivity index (χ4v) is 5.51. The van der Waals surface area contributed by atoms with E-state index in [2.05, 4.69) is 15.9 Å². The summed E-state index contributed by atoms with van der Waals surface area (Å²) in [6, 6.07) is 3.00. The molecule has 0 spiro atoms. The van der Waals surface area contributed by atoms with Crippen LogP contribution < -0.4 is 0 Å². The molecule has 0 radical (unpaired) electrons. The predicted octanol–water partition coefficient (Wildman–Crippen LogP) is 3.36. The van der Waals surface area contributed by atoms with Gasteiger partial charge in [-0.15, -0.1) is 0 Å². The van der Waals surface area contributed by atoms with Crippen LogP contribution in [0.2, 0.25) is 10.0 Å². The van der Waals surface area contributed by atoms with Crippen LogP contribution in [0.3, 0.4) is 0 Å². The number of nitrogens with zero attached hydrogens (tertiary/aromatic N) is 1. The Balaban J connectivity index is 2.35. The molecule has 1 aliphatic heterocycles. The Kier molecular flexibility index (Phi) is 5.13. The number of rotatable bonds is 3. The lowest BCUT2D eigenvalue weighted by Crippen LogP contribution is -2.39. The second kappa shape index (κ2) is 6.32. The van der Waals surface area contributed by atoms with Gasteiger partial charge in [0.1, 0.15) is 11.2 Å².